The molecule has 0 saturated heterocycles. The van der Waals surface area contributed by atoms with Gasteiger partial charge in [0.1, 0.15) is 0 Å². The quantitative estimate of drug-likeness (QED) is 0.328. The molecule has 0 unspecified atom stereocenters. The first kappa shape index (κ1) is 7.11. The lowest BCUT2D eigenvalue weighted by molar-refractivity contribution is 0.112. The number of hydrogen-bond acceptors (Lipinski definition) is 2. The summed E-state index contributed by atoms with van der Waals surface area (Å²) in [5.41, 5.74) is 0. The molecular weight excluding hydrogens is 143 g/mol. The predicted molar refractivity (Wildman–Crippen MR) is 42.3 cm³/mol. The first-order valence-corrected chi connectivity index (χ1v) is 3.45. The van der Waals surface area contributed by atoms with Crippen LogP contribution in [0.3, 0.4) is 0 Å². The Balaban J connectivity index is 2.95. The van der Waals surface area contributed by atoms with Crippen LogP contribution in [-0.4, -0.2) is 14.1 Å². The van der Waals surface area contributed by atoms with E-state index in [1.807, 2.05) is 0 Å². The predicted octanol–water partition coefficient (Wildman–Crippen LogP) is 1.04. The maximum absolute atomic E-state index is 10.2. The van der Waals surface area contributed by atoms with Crippen molar-refractivity contribution in [3.63, 3.8) is 0 Å². The van der Waals surface area contributed by atoms with Gasteiger partial charge in [0.15, 0.2) is 14.1 Å². The average molecular weight is 146 g/mol. The fourth-order valence-electron chi connectivity index (χ4n) is 0.554. The first-order chi connectivity index (χ1) is 4.86. The van der Waals surface area contributed by atoms with Crippen LogP contribution in [0.25, 0.3) is 0 Å². The van der Waals surface area contributed by atoms with Crippen molar-refractivity contribution in [2.45, 2.75) is 0 Å². The zero-order valence-electron chi connectivity index (χ0n) is 5.13. The highest BCUT2D eigenvalue weighted by atomic mass is 32.1. The van der Waals surface area contributed by atoms with Gasteiger partial charge in [-0.25, -0.2) is 0 Å². The second-order valence-corrected chi connectivity index (χ2v) is 2.70. The number of carbonyl (C=O) groups is 1. The molecule has 0 fully saturated rings. The van der Waals surface area contributed by atoms with Crippen molar-refractivity contribution >= 4 is 25.5 Å². The van der Waals surface area contributed by atoms with Gasteiger partial charge in [0, 0.05) is 0 Å². The third kappa shape index (κ3) is 1.49. The average Bonchev–Trinajstić information content (AvgIpc) is 2.37. The van der Waals surface area contributed by atoms with E-state index >= 15 is 0 Å². The molecule has 0 aliphatic rings. The summed E-state index contributed by atoms with van der Waals surface area (Å²) in [6, 6.07) is 3.49. The maximum Gasteiger partial charge on any atom is 0.188 e. The smallest absolute Gasteiger partial charge is 0.188 e. The maximum atomic E-state index is 10.2. The lowest BCUT2D eigenvalue weighted by Crippen LogP contribution is -1.62. The van der Waals surface area contributed by atoms with E-state index < -0.39 is 0 Å². The highest BCUT2D eigenvalue weighted by Gasteiger charge is 1.92. The van der Waals surface area contributed by atoms with Crippen LogP contribution in [0.5, 0.6) is 0 Å². The molecule has 1 rings (SSSR count). The Labute approximate surface area is 64.5 Å². The van der Waals surface area contributed by atoms with Crippen LogP contribution in [0.15, 0.2) is 12.1 Å². The number of thiophene rings is 1. The standard InChI is InChI=1S/C7H3BOS/c8-4-3-6-1-2-7(5-9)10-6/h1-2,5H. The van der Waals surface area contributed by atoms with E-state index in [1.54, 1.807) is 12.1 Å². The van der Waals surface area contributed by atoms with Gasteiger partial charge in [-0.1, -0.05) is 5.92 Å². The molecule has 0 bridgehead atoms. The Kier molecular flexibility index (Phi) is 2.30. The SMILES string of the molecule is [B]C#Cc1ccc(C=O)s1. The minimum absolute atomic E-state index is 0.678. The van der Waals surface area contributed by atoms with E-state index in [9.17, 15) is 4.79 Å². The van der Waals surface area contributed by atoms with Crippen LogP contribution in [0.4, 0.5) is 0 Å². The Bertz CT molecular complexity index is 292. The van der Waals surface area contributed by atoms with Gasteiger partial charge >= 0.3 is 0 Å². The molecule has 0 N–H and O–H groups in total. The third-order valence-electron chi connectivity index (χ3n) is 0.938. The van der Waals surface area contributed by atoms with Crippen molar-refractivity contribution in [1.82, 2.24) is 0 Å². The summed E-state index contributed by atoms with van der Waals surface area (Å²) in [7, 11) is 4.97. The van der Waals surface area contributed by atoms with Crippen LogP contribution in [-0.2, 0) is 0 Å². The molecule has 0 atom stereocenters. The second kappa shape index (κ2) is 3.24. The number of carbonyl (C=O) groups excluding carboxylic acids is 1. The van der Waals surface area contributed by atoms with Gasteiger partial charge in [0.05, 0.1) is 9.75 Å². The molecule has 2 radical (unpaired) electrons. The minimum Gasteiger partial charge on any atom is -0.297 e. The summed E-state index contributed by atoms with van der Waals surface area (Å²) in [6.45, 7) is 0. The normalized spacial score (nSPS) is 8.00. The second-order valence-electron chi connectivity index (χ2n) is 1.59. The summed E-state index contributed by atoms with van der Waals surface area (Å²) in [5.74, 6) is 4.92. The molecule has 3 heteroatoms. The van der Waals surface area contributed by atoms with Gasteiger partial charge in [0.25, 0.3) is 0 Å². The summed E-state index contributed by atoms with van der Waals surface area (Å²) in [6.07, 6.45) is 0.798. The molecule has 1 aromatic heterocycles. The van der Waals surface area contributed by atoms with Crippen molar-refractivity contribution in [2.24, 2.45) is 0 Å². The summed E-state index contributed by atoms with van der Waals surface area (Å²) >= 11 is 1.34. The van der Waals surface area contributed by atoms with E-state index in [-0.39, 0.29) is 0 Å². The Morgan fingerprint density at radius 2 is 2.40 bits per heavy atom. The van der Waals surface area contributed by atoms with Crippen molar-refractivity contribution in [2.75, 3.05) is 0 Å². The largest absolute Gasteiger partial charge is 0.297 e. The summed E-state index contributed by atoms with van der Waals surface area (Å²) in [5, 5.41) is 0. The highest BCUT2D eigenvalue weighted by molar-refractivity contribution is 7.14. The molecule has 1 heterocycles. The van der Waals surface area contributed by atoms with Gasteiger partial charge in [-0.3, -0.25) is 4.79 Å². The first-order valence-electron chi connectivity index (χ1n) is 2.63. The molecule has 10 heavy (non-hydrogen) atoms. The van der Waals surface area contributed by atoms with Crippen LogP contribution in [0, 0.1) is 11.7 Å². The molecule has 0 aliphatic heterocycles. The summed E-state index contributed by atoms with van der Waals surface area (Å²) < 4.78 is 0. The van der Waals surface area contributed by atoms with Crippen LogP contribution < -0.4 is 0 Å². The molecular formula is C7H3BOS. The van der Waals surface area contributed by atoms with Gasteiger partial charge in [0.2, 0.25) is 0 Å². The lowest BCUT2D eigenvalue weighted by Gasteiger charge is -1.73. The Morgan fingerprint density at radius 1 is 1.60 bits per heavy atom. The molecule has 46 valence electrons. The van der Waals surface area contributed by atoms with E-state index in [1.165, 1.54) is 11.3 Å². The molecule has 0 aromatic carbocycles. The number of hydrogen-bond donors (Lipinski definition) is 0. The number of rotatable bonds is 1. The molecule has 0 aliphatic carbocycles. The Hall–Kier alpha value is -1.01. The van der Waals surface area contributed by atoms with Crippen molar-refractivity contribution in [3.8, 4) is 11.7 Å². The zero-order valence-corrected chi connectivity index (χ0v) is 5.94. The molecule has 0 saturated carbocycles. The van der Waals surface area contributed by atoms with Crippen LogP contribution in [0.1, 0.15) is 14.5 Å². The van der Waals surface area contributed by atoms with Crippen LogP contribution >= 0.6 is 11.3 Å². The van der Waals surface area contributed by atoms with E-state index in [0.29, 0.717) is 4.88 Å². The van der Waals surface area contributed by atoms with Crippen molar-refractivity contribution in [3.05, 3.63) is 21.9 Å². The topological polar surface area (TPSA) is 17.1 Å². The lowest BCUT2D eigenvalue weighted by atomic mass is 10.2. The molecule has 0 amide bonds. The fourth-order valence-corrected chi connectivity index (χ4v) is 1.24. The molecule has 1 aromatic rings. The molecule has 0 spiro atoms. The van der Waals surface area contributed by atoms with Gasteiger partial charge in [-0.2, -0.15) is 5.82 Å². The van der Waals surface area contributed by atoms with Crippen molar-refractivity contribution < 1.29 is 4.79 Å². The van der Waals surface area contributed by atoms with E-state index in [4.69, 9.17) is 7.85 Å². The van der Waals surface area contributed by atoms with Gasteiger partial charge in [-0.15, -0.1) is 11.3 Å². The minimum atomic E-state index is 0.678. The van der Waals surface area contributed by atoms with Gasteiger partial charge in [-0.05, 0) is 12.1 Å². The van der Waals surface area contributed by atoms with Gasteiger partial charge < -0.3 is 0 Å². The third-order valence-corrected chi connectivity index (χ3v) is 1.86. The highest BCUT2D eigenvalue weighted by Crippen LogP contribution is 2.12. The summed E-state index contributed by atoms with van der Waals surface area (Å²) in [4.78, 5) is 11.7. The van der Waals surface area contributed by atoms with Crippen molar-refractivity contribution in [1.29, 1.82) is 0 Å². The zero-order chi connectivity index (χ0) is 7.40. The fraction of sp³-hybridized carbons (Fsp3) is 0. The number of aldehydes is 1. The van der Waals surface area contributed by atoms with Crippen LogP contribution in [0.2, 0.25) is 0 Å². The van der Waals surface area contributed by atoms with E-state index in [2.05, 4.69) is 11.7 Å². The molecule has 1 nitrogen and oxygen atoms in total. The Morgan fingerprint density at radius 3 is 2.90 bits per heavy atom. The monoisotopic (exact) mass is 146 g/mol. The van der Waals surface area contributed by atoms with E-state index in [0.717, 1.165) is 11.2 Å².